The second-order valence-electron chi connectivity index (χ2n) is 2.95. The van der Waals surface area contributed by atoms with Crippen LogP contribution in [0.1, 0.15) is 5.69 Å². The van der Waals surface area contributed by atoms with Crippen molar-refractivity contribution in [1.29, 1.82) is 0 Å². The summed E-state index contributed by atoms with van der Waals surface area (Å²) < 4.78 is 16.6. The van der Waals surface area contributed by atoms with Crippen LogP contribution in [0.2, 0.25) is 0 Å². The predicted molar refractivity (Wildman–Crippen MR) is 49.6 cm³/mol. The first kappa shape index (κ1) is 8.10. The monoisotopic (exact) mass is 179 g/mol. The molecule has 1 N–H and O–H groups in total. The third-order valence-electron chi connectivity index (χ3n) is 1.95. The average Bonchev–Trinajstić information content (AvgIpc) is 2.44. The Balaban J connectivity index is 2.48. The van der Waals surface area contributed by atoms with Crippen LogP contribution in [0.3, 0.4) is 0 Å². The number of hydrogen-bond acceptors (Lipinski definition) is 1. The number of aromatic amines is 1. The zero-order chi connectivity index (χ0) is 9.26. The van der Waals surface area contributed by atoms with Crippen molar-refractivity contribution in [2.24, 2.45) is 0 Å². The third kappa shape index (κ3) is 1.49. The number of halogens is 1. The molecule has 3 heteroatoms. The number of aryl methyl sites for hydroxylation is 1. The summed E-state index contributed by atoms with van der Waals surface area (Å²) in [7, 11) is 0. The molecule has 0 spiro atoms. The lowest BCUT2D eigenvalue weighted by Crippen LogP contribution is -1.88. The Morgan fingerprint density at radius 3 is 3.00 bits per heavy atom. The molecule has 0 amide bonds. The topological polar surface area (TPSA) is 25.0 Å². The number of nitrogens with one attached hydrogen (secondary N) is 1. The van der Waals surface area contributed by atoms with Crippen molar-refractivity contribution < 1.29 is 9.13 Å². The van der Waals surface area contributed by atoms with E-state index in [1.807, 2.05) is 25.1 Å². The van der Waals surface area contributed by atoms with E-state index in [1.165, 1.54) is 0 Å². The molecular formula is C10H10FNO. The standard InChI is InChI=1S/C10H10FNO/c1-7-4-8-5-9(13-6-11)2-3-10(8)12-7/h2-5,12H,6H2,1H3. The Hall–Kier alpha value is -1.51. The van der Waals surface area contributed by atoms with Crippen molar-refractivity contribution in [2.75, 3.05) is 6.86 Å². The minimum absolute atomic E-state index is 0.564. The van der Waals surface area contributed by atoms with Gasteiger partial charge < -0.3 is 9.72 Å². The van der Waals surface area contributed by atoms with Crippen LogP contribution in [0.15, 0.2) is 24.3 Å². The number of rotatable bonds is 2. The van der Waals surface area contributed by atoms with Crippen molar-refractivity contribution in [3.8, 4) is 5.75 Å². The van der Waals surface area contributed by atoms with E-state index in [2.05, 4.69) is 4.98 Å². The molecule has 0 saturated carbocycles. The molecular weight excluding hydrogens is 169 g/mol. The molecule has 2 aromatic rings. The maximum atomic E-state index is 11.9. The Morgan fingerprint density at radius 1 is 1.38 bits per heavy atom. The zero-order valence-electron chi connectivity index (χ0n) is 7.30. The first-order valence-electron chi connectivity index (χ1n) is 4.08. The summed E-state index contributed by atoms with van der Waals surface area (Å²) in [6, 6.07) is 7.45. The van der Waals surface area contributed by atoms with Gasteiger partial charge in [-0.1, -0.05) is 0 Å². The van der Waals surface area contributed by atoms with E-state index in [4.69, 9.17) is 4.74 Å². The molecule has 1 aromatic heterocycles. The third-order valence-corrected chi connectivity index (χ3v) is 1.95. The number of ether oxygens (including phenoxy) is 1. The summed E-state index contributed by atoms with van der Waals surface area (Å²) in [5.74, 6) is 0.564. The fraction of sp³-hybridized carbons (Fsp3) is 0.200. The van der Waals surface area contributed by atoms with E-state index in [-0.39, 0.29) is 0 Å². The van der Waals surface area contributed by atoms with Crippen molar-refractivity contribution in [3.63, 3.8) is 0 Å². The number of benzene rings is 1. The summed E-state index contributed by atoms with van der Waals surface area (Å²) in [6.07, 6.45) is 0. The minimum Gasteiger partial charge on any atom is -0.463 e. The molecule has 0 unspecified atom stereocenters. The fourth-order valence-electron chi connectivity index (χ4n) is 1.41. The molecule has 0 atom stereocenters. The molecule has 0 saturated heterocycles. The maximum Gasteiger partial charge on any atom is 0.228 e. The van der Waals surface area contributed by atoms with Gasteiger partial charge in [0.25, 0.3) is 0 Å². The van der Waals surface area contributed by atoms with Crippen molar-refractivity contribution >= 4 is 10.9 Å². The summed E-state index contributed by atoms with van der Waals surface area (Å²) in [5, 5.41) is 1.04. The molecule has 13 heavy (non-hydrogen) atoms. The maximum absolute atomic E-state index is 11.9. The molecule has 68 valence electrons. The van der Waals surface area contributed by atoms with Crippen LogP contribution < -0.4 is 4.74 Å². The van der Waals surface area contributed by atoms with Crippen LogP contribution in [-0.2, 0) is 0 Å². The summed E-state index contributed by atoms with van der Waals surface area (Å²) in [4.78, 5) is 3.18. The van der Waals surface area contributed by atoms with Gasteiger partial charge in [0.1, 0.15) is 5.75 Å². The van der Waals surface area contributed by atoms with Gasteiger partial charge in [0.15, 0.2) is 0 Å². The minimum atomic E-state index is -0.783. The lowest BCUT2D eigenvalue weighted by molar-refractivity contribution is 0.192. The first-order chi connectivity index (χ1) is 6.29. The Morgan fingerprint density at radius 2 is 2.23 bits per heavy atom. The van der Waals surface area contributed by atoms with Crippen LogP contribution >= 0.6 is 0 Å². The highest BCUT2D eigenvalue weighted by Crippen LogP contribution is 2.21. The van der Waals surface area contributed by atoms with Gasteiger partial charge in [-0.15, -0.1) is 0 Å². The summed E-state index contributed by atoms with van der Waals surface area (Å²) >= 11 is 0. The van der Waals surface area contributed by atoms with Gasteiger partial charge in [-0.25, -0.2) is 4.39 Å². The first-order valence-corrected chi connectivity index (χ1v) is 4.08. The van der Waals surface area contributed by atoms with Gasteiger partial charge in [0.2, 0.25) is 6.86 Å². The molecule has 0 fully saturated rings. The van der Waals surface area contributed by atoms with Crippen molar-refractivity contribution in [1.82, 2.24) is 4.98 Å². The molecule has 0 aliphatic heterocycles. The van der Waals surface area contributed by atoms with E-state index >= 15 is 0 Å². The molecule has 2 nitrogen and oxygen atoms in total. The summed E-state index contributed by atoms with van der Waals surface area (Å²) in [5.41, 5.74) is 2.14. The Kier molecular flexibility index (Phi) is 1.93. The van der Waals surface area contributed by atoms with Crippen LogP contribution in [0, 0.1) is 6.92 Å². The van der Waals surface area contributed by atoms with Crippen molar-refractivity contribution in [2.45, 2.75) is 6.92 Å². The molecule has 0 aliphatic rings. The Bertz CT molecular complexity index is 422. The summed E-state index contributed by atoms with van der Waals surface area (Å²) in [6.45, 7) is 1.20. The van der Waals surface area contributed by atoms with E-state index in [0.29, 0.717) is 5.75 Å². The molecule has 0 aliphatic carbocycles. The molecule has 1 aromatic carbocycles. The van der Waals surface area contributed by atoms with Gasteiger partial charge in [-0.05, 0) is 31.2 Å². The lowest BCUT2D eigenvalue weighted by Gasteiger charge is -1.99. The quantitative estimate of drug-likeness (QED) is 0.753. The highest BCUT2D eigenvalue weighted by molar-refractivity contribution is 5.81. The second kappa shape index (κ2) is 3.09. The van der Waals surface area contributed by atoms with Crippen LogP contribution in [0.25, 0.3) is 10.9 Å². The fourth-order valence-corrected chi connectivity index (χ4v) is 1.41. The van der Waals surface area contributed by atoms with Gasteiger partial charge >= 0.3 is 0 Å². The normalized spacial score (nSPS) is 10.6. The molecule has 2 rings (SSSR count). The average molecular weight is 179 g/mol. The van der Waals surface area contributed by atoms with Crippen LogP contribution in [0.4, 0.5) is 4.39 Å². The number of alkyl halides is 1. The van der Waals surface area contributed by atoms with E-state index in [1.54, 1.807) is 6.07 Å². The van der Waals surface area contributed by atoms with Gasteiger partial charge in [-0.3, -0.25) is 0 Å². The highest BCUT2D eigenvalue weighted by Gasteiger charge is 1.99. The molecule has 1 heterocycles. The van der Waals surface area contributed by atoms with Gasteiger partial charge in [0, 0.05) is 16.6 Å². The Labute approximate surface area is 75.3 Å². The second-order valence-corrected chi connectivity index (χ2v) is 2.95. The zero-order valence-corrected chi connectivity index (χ0v) is 7.30. The van der Waals surface area contributed by atoms with Gasteiger partial charge in [0.05, 0.1) is 0 Å². The lowest BCUT2D eigenvalue weighted by atomic mass is 10.2. The van der Waals surface area contributed by atoms with Crippen molar-refractivity contribution in [3.05, 3.63) is 30.0 Å². The van der Waals surface area contributed by atoms with Crippen LogP contribution in [0.5, 0.6) is 5.75 Å². The molecule has 0 radical (unpaired) electrons. The number of hydrogen-bond donors (Lipinski definition) is 1. The van der Waals surface area contributed by atoms with Gasteiger partial charge in [-0.2, -0.15) is 0 Å². The number of fused-ring (bicyclic) bond motifs is 1. The highest BCUT2D eigenvalue weighted by atomic mass is 19.1. The number of H-pyrrole nitrogens is 1. The molecule has 0 bridgehead atoms. The SMILES string of the molecule is Cc1cc2cc(OCF)ccc2[nH]1. The predicted octanol–water partition coefficient (Wildman–Crippen LogP) is 2.78. The van der Waals surface area contributed by atoms with E-state index in [0.717, 1.165) is 16.6 Å². The smallest absolute Gasteiger partial charge is 0.228 e. The number of aromatic nitrogens is 1. The van der Waals surface area contributed by atoms with Crippen LogP contribution in [-0.4, -0.2) is 11.8 Å². The van der Waals surface area contributed by atoms with E-state index < -0.39 is 6.86 Å². The van der Waals surface area contributed by atoms with E-state index in [9.17, 15) is 4.39 Å². The largest absolute Gasteiger partial charge is 0.463 e.